The SMILES string of the molecule is N#CC1C=CC(c2cc(Cl)ccc2O)=NC1=O. The maximum Gasteiger partial charge on any atom is 0.267 e. The number of phenols is 1. The number of halogens is 1. The molecule has 5 heteroatoms. The number of allylic oxidation sites excluding steroid dienone is 1. The maximum atomic E-state index is 11.4. The van der Waals surface area contributed by atoms with Gasteiger partial charge in [-0.2, -0.15) is 5.26 Å². The van der Waals surface area contributed by atoms with Crippen LogP contribution in [0.15, 0.2) is 35.3 Å². The number of hydrogen-bond donors (Lipinski definition) is 1. The molecule has 4 nitrogen and oxygen atoms in total. The largest absolute Gasteiger partial charge is 0.507 e. The molecule has 1 heterocycles. The summed E-state index contributed by atoms with van der Waals surface area (Å²) in [7, 11) is 0. The highest BCUT2D eigenvalue weighted by atomic mass is 35.5. The average molecular weight is 247 g/mol. The summed E-state index contributed by atoms with van der Waals surface area (Å²) >= 11 is 5.80. The van der Waals surface area contributed by atoms with Gasteiger partial charge in [-0.3, -0.25) is 4.79 Å². The second-order valence-corrected chi connectivity index (χ2v) is 3.90. The van der Waals surface area contributed by atoms with Crippen LogP contribution in [0.3, 0.4) is 0 Å². The maximum absolute atomic E-state index is 11.4. The van der Waals surface area contributed by atoms with Gasteiger partial charge in [0.15, 0.2) is 0 Å². The zero-order valence-corrected chi connectivity index (χ0v) is 9.35. The number of phenolic OH excluding ortho intramolecular Hbond substituents is 1. The highest BCUT2D eigenvalue weighted by molar-refractivity contribution is 6.31. The van der Waals surface area contributed by atoms with Gasteiger partial charge in [0, 0.05) is 10.6 Å². The van der Waals surface area contributed by atoms with Crippen molar-refractivity contribution in [3.05, 3.63) is 40.9 Å². The van der Waals surface area contributed by atoms with Crippen molar-refractivity contribution < 1.29 is 9.90 Å². The Balaban J connectivity index is 2.44. The Morgan fingerprint density at radius 2 is 2.24 bits per heavy atom. The molecule has 0 radical (unpaired) electrons. The van der Waals surface area contributed by atoms with Crippen LogP contribution in [0.5, 0.6) is 5.75 Å². The minimum absolute atomic E-state index is 0.0130. The van der Waals surface area contributed by atoms with E-state index >= 15 is 0 Å². The van der Waals surface area contributed by atoms with E-state index in [0.717, 1.165) is 0 Å². The van der Waals surface area contributed by atoms with Gasteiger partial charge in [0.05, 0.1) is 11.8 Å². The number of carbonyl (C=O) groups is 1. The number of nitriles is 1. The summed E-state index contributed by atoms with van der Waals surface area (Å²) in [5.74, 6) is -1.40. The first-order valence-electron chi connectivity index (χ1n) is 4.81. The summed E-state index contributed by atoms with van der Waals surface area (Å²) in [4.78, 5) is 15.2. The second-order valence-electron chi connectivity index (χ2n) is 3.46. The van der Waals surface area contributed by atoms with Crippen LogP contribution in [0.4, 0.5) is 0 Å². The van der Waals surface area contributed by atoms with Crippen LogP contribution in [0.2, 0.25) is 5.02 Å². The fraction of sp³-hybridized carbons (Fsp3) is 0.0833. The van der Waals surface area contributed by atoms with E-state index in [0.29, 0.717) is 16.3 Å². The molecule has 0 saturated heterocycles. The summed E-state index contributed by atoms with van der Waals surface area (Å²) < 4.78 is 0. The van der Waals surface area contributed by atoms with Crippen LogP contribution in [0.1, 0.15) is 5.56 Å². The molecule has 1 N–H and O–H groups in total. The van der Waals surface area contributed by atoms with Crippen LogP contribution < -0.4 is 0 Å². The lowest BCUT2D eigenvalue weighted by Crippen LogP contribution is -2.15. The average Bonchev–Trinajstić information content (AvgIpc) is 2.32. The van der Waals surface area contributed by atoms with Crippen molar-refractivity contribution in [1.82, 2.24) is 0 Å². The Morgan fingerprint density at radius 1 is 1.47 bits per heavy atom. The van der Waals surface area contributed by atoms with E-state index in [1.165, 1.54) is 30.4 Å². The minimum atomic E-state index is -0.847. The Bertz CT molecular complexity index is 585. The number of rotatable bonds is 1. The molecule has 1 atom stereocenters. The van der Waals surface area contributed by atoms with Crippen molar-refractivity contribution in [2.45, 2.75) is 0 Å². The molecule has 0 bridgehead atoms. The normalized spacial score (nSPS) is 18.7. The summed E-state index contributed by atoms with van der Waals surface area (Å²) in [6.07, 6.45) is 2.98. The van der Waals surface area contributed by atoms with Crippen LogP contribution in [0, 0.1) is 17.2 Å². The number of hydrogen-bond acceptors (Lipinski definition) is 3. The monoisotopic (exact) mass is 246 g/mol. The molecule has 0 fully saturated rings. The fourth-order valence-electron chi connectivity index (χ4n) is 1.46. The Hall–Kier alpha value is -2.12. The topological polar surface area (TPSA) is 73.4 Å². The summed E-state index contributed by atoms with van der Waals surface area (Å²) in [5, 5.41) is 18.7. The third-order valence-corrected chi connectivity index (χ3v) is 2.55. The lowest BCUT2D eigenvalue weighted by molar-refractivity contribution is -0.118. The van der Waals surface area contributed by atoms with Crippen LogP contribution in [-0.4, -0.2) is 16.7 Å². The summed E-state index contributed by atoms with van der Waals surface area (Å²) in [5.41, 5.74) is 0.681. The molecular weight excluding hydrogens is 240 g/mol. The summed E-state index contributed by atoms with van der Waals surface area (Å²) in [6, 6.07) is 6.29. The van der Waals surface area contributed by atoms with E-state index in [1.54, 1.807) is 0 Å². The molecule has 17 heavy (non-hydrogen) atoms. The van der Waals surface area contributed by atoms with E-state index in [-0.39, 0.29) is 5.75 Å². The fourth-order valence-corrected chi connectivity index (χ4v) is 1.63. The minimum Gasteiger partial charge on any atom is -0.507 e. The lowest BCUT2D eigenvalue weighted by atomic mass is 10.0. The van der Waals surface area contributed by atoms with Crippen LogP contribution in [0.25, 0.3) is 0 Å². The van der Waals surface area contributed by atoms with Crippen molar-refractivity contribution in [2.24, 2.45) is 10.9 Å². The van der Waals surface area contributed by atoms with E-state index < -0.39 is 11.8 Å². The zero-order chi connectivity index (χ0) is 12.4. The molecular formula is C12H7ClN2O2. The number of carbonyl (C=O) groups excluding carboxylic acids is 1. The molecule has 0 saturated carbocycles. The van der Waals surface area contributed by atoms with Gasteiger partial charge in [-0.25, -0.2) is 4.99 Å². The second kappa shape index (κ2) is 4.40. The molecule has 1 unspecified atom stereocenters. The highest BCUT2D eigenvalue weighted by Gasteiger charge is 2.20. The standard InChI is InChI=1S/C12H7ClN2O2/c13-8-2-4-11(16)9(5-8)10-3-1-7(6-14)12(17)15-10/h1-5,7,16H. The van der Waals surface area contributed by atoms with E-state index in [4.69, 9.17) is 16.9 Å². The number of amides is 1. The number of benzene rings is 1. The Morgan fingerprint density at radius 3 is 2.88 bits per heavy atom. The molecule has 1 amide bonds. The molecule has 0 aromatic heterocycles. The van der Waals surface area contributed by atoms with Gasteiger partial charge in [-0.15, -0.1) is 0 Å². The first kappa shape index (κ1) is 11.4. The third-order valence-electron chi connectivity index (χ3n) is 2.32. The first-order valence-corrected chi connectivity index (χ1v) is 5.19. The summed E-state index contributed by atoms with van der Waals surface area (Å²) in [6.45, 7) is 0. The van der Waals surface area contributed by atoms with Crippen molar-refractivity contribution in [3.63, 3.8) is 0 Å². The van der Waals surface area contributed by atoms with Gasteiger partial charge < -0.3 is 5.11 Å². The highest BCUT2D eigenvalue weighted by Crippen LogP contribution is 2.24. The van der Waals surface area contributed by atoms with Crippen molar-refractivity contribution >= 4 is 23.2 Å². The molecule has 1 aromatic carbocycles. The molecule has 1 aliphatic rings. The van der Waals surface area contributed by atoms with Gasteiger partial charge in [-0.1, -0.05) is 17.7 Å². The van der Waals surface area contributed by atoms with Gasteiger partial charge in [0.1, 0.15) is 11.7 Å². The molecule has 84 valence electrons. The lowest BCUT2D eigenvalue weighted by Gasteiger charge is -2.10. The van der Waals surface area contributed by atoms with E-state index in [9.17, 15) is 9.90 Å². The molecule has 1 aliphatic heterocycles. The van der Waals surface area contributed by atoms with Crippen molar-refractivity contribution in [1.29, 1.82) is 5.26 Å². The van der Waals surface area contributed by atoms with E-state index in [1.807, 2.05) is 6.07 Å². The van der Waals surface area contributed by atoms with Gasteiger partial charge in [0.2, 0.25) is 0 Å². The Labute approximate surface area is 102 Å². The predicted octanol–water partition coefficient (Wildman–Crippen LogP) is 2.07. The van der Waals surface area contributed by atoms with E-state index in [2.05, 4.69) is 4.99 Å². The van der Waals surface area contributed by atoms with Gasteiger partial charge >= 0.3 is 0 Å². The van der Waals surface area contributed by atoms with Crippen LogP contribution >= 0.6 is 11.6 Å². The number of nitrogens with zero attached hydrogens (tertiary/aromatic N) is 2. The number of aliphatic imine (C=N–C) groups is 1. The molecule has 0 aliphatic carbocycles. The van der Waals surface area contributed by atoms with Crippen molar-refractivity contribution in [2.75, 3.05) is 0 Å². The molecule has 0 spiro atoms. The quantitative estimate of drug-likeness (QED) is 0.824. The number of aromatic hydroxyl groups is 1. The smallest absolute Gasteiger partial charge is 0.267 e. The van der Waals surface area contributed by atoms with Crippen LogP contribution in [-0.2, 0) is 4.79 Å². The molecule has 1 aromatic rings. The van der Waals surface area contributed by atoms with Gasteiger partial charge in [0.25, 0.3) is 5.91 Å². The third kappa shape index (κ3) is 2.19. The number of dihydropyridines is 1. The van der Waals surface area contributed by atoms with Crippen molar-refractivity contribution in [3.8, 4) is 11.8 Å². The van der Waals surface area contributed by atoms with Gasteiger partial charge in [-0.05, 0) is 24.3 Å². The zero-order valence-electron chi connectivity index (χ0n) is 8.59. The first-order chi connectivity index (χ1) is 8.11. The Kier molecular flexibility index (Phi) is 2.94. The molecule has 2 rings (SSSR count). The predicted molar refractivity (Wildman–Crippen MR) is 62.9 cm³/mol.